The van der Waals surface area contributed by atoms with Crippen LogP contribution >= 0.6 is 0 Å². The first kappa shape index (κ1) is 13.8. The molecule has 0 aliphatic rings. The maximum absolute atomic E-state index is 12.0. The molecule has 20 heavy (non-hydrogen) atoms. The van der Waals surface area contributed by atoms with Gasteiger partial charge in [-0.2, -0.15) is 0 Å². The summed E-state index contributed by atoms with van der Waals surface area (Å²) in [6, 6.07) is 16.8. The number of amides is 1. The van der Waals surface area contributed by atoms with E-state index < -0.39 is 0 Å². The normalized spacial score (nSPS) is 11.2. The molecule has 1 amide bonds. The van der Waals surface area contributed by atoms with Crippen molar-refractivity contribution >= 4 is 17.3 Å². The van der Waals surface area contributed by atoms with Crippen LogP contribution in [0, 0.1) is 0 Å². The van der Waals surface area contributed by atoms with Crippen LogP contribution in [0.15, 0.2) is 59.8 Å². The molecule has 0 unspecified atom stereocenters. The van der Waals surface area contributed by atoms with Gasteiger partial charge >= 0.3 is 0 Å². The van der Waals surface area contributed by atoms with Crippen LogP contribution in [0.25, 0.3) is 0 Å². The largest absolute Gasteiger partial charge is 0.411 e. The van der Waals surface area contributed by atoms with E-state index in [4.69, 9.17) is 5.21 Å². The highest BCUT2D eigenvalue weighted by molar-refractivity contribution is 6.06. The Kier molecular flexibility index (Phi) is 4.50. The van der Waals surface area contributed by atoms with Crippen molar-refractivity contribution in [3.63, 3.8) is 0 Å². The highest BCUT2D eigenvalue weighted by Crippen LogP contribution is 2.16. The average Bonchev–Trinajstić information content (AvgIpc) is 2.48. The number of carbonyl (C=O) groups excluding carboxylic acids is 1. The lowest BCUT2D eigenvalue weighted by Gasteiger charge is -2.10. The average molecular weight is 268 g/mol. The third kappa shape index (κ3) is 3.45. The van der Waals surface area contributed by atoms with Crippen LogP contribution < -0.4 is 5.32 Å². The summed E-state index contributed by atoms with van der Waals surface area (Å²) in [5, 5.41) is 14.9. The Morgan fingerprint density at radius 2 is 1.75 bits per heavy atom. The fourth-order valence-electron chi connectivity index (χ4n) is 1.94. The molecule has 2 aromatic carbocycles. The predicted molar refractivity (Wildman–Crippen MR) is 79.2 cm³/mol. The number of carbonyl (C=O) groups is 1. The molecule has 0 radical (unpaired) electrons. The van der Waals surface area contributed by atoms with Crippen molar-refractivity contribution in [2.75, 3.05) is 5.32 Å². The van der Waals surface area contributed by atoms with Gasteiger partial charge < -0.3 is 10.5 Å². The smallest absolute Gasteiger partial charge is 0.228 e. The van der Waals surface area contributed by atoms with Crippen molar-refractivity contribution in [1.29, 1.82) is 0 Å². The van der Waals surface area contributed by atoms with Gasteiger partial charge in [0.2, 0.25) is 5.91 Å². The molecule has 0 bridgehead atoms. The van der Waals surface area contributed by atoms with Crippen molar-refractivity contribution in [2.45, 2.75) is 13.3 Å². The van der Waals surface area contributed by atoms with Crippen molar-refractivity contribution in [2.24, 2.45) is 5.16 Å². The minimum absolute atomic E-state index is 0.102. The van der Waals surface area contributed by atoms with Crippen molar-refractivity contribution in [1.82, 2.24) is 0 Å². The summed E-state index contributed by atoms with van der Waals surface area (Å²) in [6.07, 6.45) is 0.310. The minimum Gasteiger partial charge on any atom is -0.411 e. The number of benzene rings is 2. The molecule has 2 aromatic rings. The quantitative estimate of drug-likeness (QED) is 0.508. The lowest BCUT2D eigenvalue weighted by atomic mass is 10.1. The second kappa shape index (κ2) is 6.52. The number of oxime groups is 1. The molecule has 0 heterocycles. The Balaban J connectivity index is 2.12. The highest BCUT2D eigenvalue weighted by atomic mass is 16.4. The van der Waals surface area contributed by atoms with E-state index >= 15 is 0 Å². The monoisotopic (exact) mass is 268 g/mol. The topological polar surface area (TPSA) is 61.7 Å². The van der Waals surface area contributed by atoms with E-state index in [-0.39, 0.29) is 5.91 Å². The van der Waals surface area contributed by atoms with Gasteiger partial charge in [0.15, 0.2) is 0 Å². The fourth-order valence-corrected chi connectivity index (χ4v) is 1.94. The summed E-state index contributed by atoms with van der Waals surface area (Å²) in [5.41, 5.74) is 2.76. The third-order valence-electron chi connectivity index (χ3n) is 2.95. The number of nitrogens with one attached hydrogen (secondary N) is 1. The zero-order valence-corrected chi connectivity index (χ0v) is 11.2. The number of anilines is 1. The van der Waals surface area contributed by atoms with Crippen LogP contribution in [0.2, 0.25) is 0 Å². The number of hydrogen-bond donors (Lipinski definition) is 2. The van der Waals surface area contributed by atoms with E-state index in [9.17, 15) is 4.79 Å². The summed E-state index contributed by atoms with van der Waals surface area (Å²) in [7, 11) is 0. The van der Waals surface area contributed by atoms with E-state index in [1.807, 2.05) is 42.5 Å². The Bertz CT molecular complexity index is 621. The van der Waals surface area contributed by atoms with Gasteiger partial charge in [0.25, 0.3) is 0 Å². The number of para-hydroxylation sites is 1. The van der Waals surface area contributed by atoms with Gasteiger partial charge in [-0.05, 0) is 18.6 Å². The molecule has 0 aliphatic heterocycles. The molecule has 2 rings (SSSR count). The third-order valence-corrected chi connectivity index (χ3v) is 2.95. The standard InChI is InChI=1S/C16H16N2O2/c1-12(18-20)14-9-5-6-10-15(14)17-16(19)11-13-7-3-2-4-8-13/h2-10,20H,11H2,1H3,(H,17,19). The summed E-state index contributed by atoms with van der Waals surface area (Å²) in [6.45, 7) is 1.68. The first-order valence-corrected chi connectivity index (χ1v) is 6.32. The molecule has 2 N–H and O–H groups in total. The van der Waals surface area contributed by atoms with Crippen LogP contribution in [-0.2, 0) is 11.2 Å². The zero-order chi connectivity index (χ0) is 14.4. The van der Waals surface area contributed by atoms with Crippen LogP contribution in [0.4, 0.5) is 5.69 Å². The van der Waals surface area contributed by atoms with Crippen LogP contribution in [-0.4, -0.2) is 16.8 Å². The van der Waals surface area contributed by atoms with Crippen molar-refractivity contribution in [3.05, 3.63) is 65.7 Å². The summed E-state index contributed by atoms with van der Waals surface area (Å²) in [4.78, 5) is 12.0. The number of rotatable bonds is 4. The van der Waals surface area contributed by atoms with Gasteiger partial charge in [-0.25, -0.2) is 0 Å². The Morgan fingerprint density at radius 1 is 1.10 bits per heavy atom. The van der Waals surface area contributed by atoms with Crippen LogP contribution in [0.5, 0.6) is 0 Å². The molecule has 0 aliphatic carbocycles. The van der Waals surface area contributed by atoms with Crippen LogP contribution in [0.3, 0.4) is 0 Å². The molecule has 102 valence electrons. The van der Waals surface area contributed by atoms with E-state index in [1.165, 1.54) is 0 Å². The summed E-state index contributed by atoms with van der Waals surface area (Å²) < 4.78 is 0. The lowest BCUT2D eigenvalue weighted by Crippen LogP contribution is -2.16. The molecule has 4 nitrogen and oxygen atoms in total. The molecular formula is C16H16N2O2. The second-order valence-electron chi connectivity index (χ2n) is 4.44. The number of hydrogen-bond acceptors (Lipinski definition) is 3. The van der Waals surface area contributed by atoms with Gasteiger partial charge in [-0.3, -0.25) is 4.79 Å². The van der Waals surface area contributed by atoms with Gasteiger partial charge in [0.1, 0.15) is 0 Å². The van der Waals surface area contributed by atoms with E-state index in [0.29, 0.717) is 23.4 Å². The fraction of sp³-hybridized carbons (Fsp3) is 0.125. The molecule has 0 aromatic heterocycles. The Labute approximate surface area is 117 Å². The maximum Gasteiger partial charge on any atom is 0.228 e. The number of nitrogens with zero attached hydrogens (tertiary/aromatic N) is 1. The minimum atomic E-state index is -0.102. The highest BCUT2D eigenvalue weighted by Gasteiger charge is 2.09. The molecule has 0 atom stereocenters. The molecule has 0 spiro atoms. The summed E-state index contributed by atoms with van der Waals surface area (Å²) >= 11 is 0. The maximum atomic E-state index is 12.0. The van der Waals surface area contributed by atoms with Gasteiger partial charge in [-0.1, -0.05) is 53.7 Å². The van der Waals surface area contributed by atoms with E-state index in [1.54, 1.807) is 19.1 Å². The molecule has 4 heteroatoms. The molecule has 0 saturated carbocycles. The zero-order valence-electron chi connectivity index (χ0n) is 11.2. The molecular weight excluding hydrogens is 252 g/mol. The SMILES string of the molecule is CC(=NO)c1ccccc1NC(=O)Cc1ccccc1. The Hall–Kier alpha value is -2.62. The van der Waals surface area contributed by atoms with Crippen LogP contribution in [0.1, 0.15) is 18.1 Å². The van der Waals surface area contributed by atoms with Gasteiger partial charge in [0.05, 0.1) is 12.1 Å². The molecule has 0 saturated heterocycles. The Morgan fingerprint density at radius 3 is 2.45 bits per heavy atom. The molecule has 0 fully saturated rings. The van der Waals surface area contributed by atoms with Crippen molar-refractivity contribution < 1.29 is 10.0 Å². The van der Waals surface area contributed by atoms with Gasteiger partial charge in [0, 0.05) is 11.3 Å². The second-order valence-corrected chi connectivity index (χ2v) is 4.44. The predicted octanol–water partition coefficient (Wildman–Crippen LogP) is 3.07. The van der Waals surface area contributed by atoms with E-state index in [2.05, 4.69) is 10.5 Å². The van der Waals surface area contributed by atoms with E-state index in [0.717, 1.165) is 5.56 Å². The van der Waals surface area contributed by atoms with Crippen molar-refractivity contribution in [3.8, 4) is 0 Å². The summed E-state index contributed by atoms with van der Waals surface area (Å²) in [5.74, 6) is -0.102. The lowest BCUT2D eigenvalue weighted by molar-refractivity contribution is -0.115. The van der Waals surface area contributed by atoms with Gasteiger partial charge in [-0.15, -0.1) is 0 Å². The first-order chi connectivity index (χ1) is 9.70. The first-order valence-electron chi connectivity index (χ1n) is 6.32.